The molecule has 0 heterocycles. The Morgan fingerprint density at radius 3 is 2.75 bits per heavy atom. The topological polar surface area (TPSA) is 37.3 Å². The fourth-order valence-electron chi connectivity index (χ4n) is 1.33. The van der Waals surface area contributed by atoms with Crippen LogP contribution in [0.25, 0.3) is 0 Å². The average Bonchev–Trinajstić information content (AvgIpc) is 2.04. The number of carbonyl (C=O) groups is 1. The van der Waals surface area contributed by atoms with E-state index in [2.05, 4.69) is 13.8 Å². The van der Waals surface area contributed by atoms with E-state index in [4.69, 9.17) is 5.11 Å². The van der Waals surface area contributed by atoms with Gasteiger partial charge in [0.15, 0.2) is 0 Å². The van der Waals surface area contributed by atoms with Gasteiger partial charge >= 0.3 is 5.97 Å². The molecule has 0 amide bonds. The second kappa shape index (κ2) is 3.57. The zero-order chi connectivity index (χ0) is 9.14. The van der Waals surface area contributed by atoms with Gasteiger partial charge in [0.2, 0.25) is 0 Å². The molecule has 0 atom stereocenters. The van der Waals surface area contributed by atoms with Crippen LogP contribution in [0.5, 0.6) is 0 Å². The number of rotatable bonds is 2. The van der Waals surface area contributed by atoms with Crippen molar-refractivity contribution in [3.8, 4) is 0 Å². The van der Waals surface area contributed by atoms with Crippen molar-refractivity contribution in [1.82, 2.24) is 0 Å². The first-order valence-corrected chi connectivity index (χ1v) is 4.25. The number of hydrogen-bond donors (Lipinski definition) is 1. The summed E-state index contributed by atoms with van der Waals surface area (Å²) in [7, 11) is 0. The molecule has 1 rings (SSSR count). The van der Waals surface area contributed by atoms with Crippen LogP contribution >= 0.6 is 0 Å². The Labute approximate surface area is 72.6 Å². The second-order valence-corrected chi connectivity index (χ2v) is 3.38. The summed E-state index contributed by atoms with van der Waals surface area (Å²) in [5.41, 5.74) is 1.69. The van der Waals surface area contributed by atoms with E-state index in [0.29, 0.717) is 11.5 Å². The lowest BCUT2D eigenvalue weighted by Gasteiger charge is -2.14. The van der Waals surface area contributed by atoms with Crippen LogP contribution < -0.4 is 0 Å². The first-order chi connectivity index (χ1) is 5.61. The third-order valence-corrected chi connectivity index (χ3v) is 2.13. The molecule has 1 aliphatic carbocycles. The zero-order valence-electron chi connectivity index (χ0n) is 7.50. The molecule has 0 aliphatic heterocycles. The van der Waals surface area contributed by atoms with Gasteiger partial charge in [-0.2, -0.15) is 0 Å². The zero-order valence-corrected chi connectivity index (χ0v) is 7.50. The summed E-state index contributed by atoms with van der Waals surface area (Å²) in [5, 5.41) is 8.72. The summed E-state index contributed by atoms with van der Waals surface area (Å²) >= 11 is 0. The highest BCUT2D eigenvalue weighted by atomic mass is 16.4. The minimum Gasteiger partial charge on any atom is -0.478 e. The quantitative estimate of drug-likeness (QED) is 0.683. The maximum Gasteiger partial charge on any atom is 0.335 e. The molecular formula is C10H14O2. The van der Waals surface area contributed by atoms with E-state index >= 15 is 0 Å². The number of carboxylic acids is 1. The Morgan fingerprint density at radius 2 is 2.25 bits per heavy atom. The highest BCUT2D eigenvalue weighted by Gasteiger charge is 2.12. The summed E-state index contributed by atoms with van der Waals surface area (Å²) in [6, 6.07) is 0. The van der Waals surface area contributed by atoms with Gasteiger partial charge in [0.1, 0.15) is 0 Å². The standard InChI is InChI=1S/C10H14O2/c1-7(2)8-4-3-5-9(6-8)10(11)12/h5-7H,3-4H2,1-2H3,(H,11,12). The van der Waals surface area contributed by atoms with Gasteiger partial charge in [-0.1, -0.05) is 25.5 Å². The Balaban J connectivity index is 2.81. The lowest BCUT2D eigenvalue weighted by molar-refractivity contribution is -0.132. The first kappa shape index (κ1) is 9.04. The largest absolute Gasteiger partial charge is 0.478 e. The van der Waals surface area contributed by atoms with Gasteiger partial charge in [-0.15, -0.1) is 0 Å². The SMILES string of the molecule is CC(C)C1=CC(C(=O)O)=CCC1. The van der Waals surface area contributed by atoms with Gasteiger partial charge in [0.05, 0.1) is 5.57 Å². The van der Waals surface area contributed by atoms with Crippen LogP contribution in [0.1, 0.15) is 26.7 Å². The predicted molar refractivity (Wildman–Crippen MR) is 47.9 cm³/mol. The average molecular weight is 166 g/mol. The van der Waals surface area contributed by atoms with E-state index in [1.54, 1.807) is 12.2 Å². The van der Waals surface area contributed by atoms with Crippen molar-refractivity contribution in [2.45, 2.75) is 26.7 Å². The van der Waals surface area contributed by atoms with E-state index in [9.17, 15) is 4.79 Å². The van der Waals surface area contributed by atoms with Crippen molar-refractivity contribution in [2.75, 3.05) is 0 Å². The molecule has 1 aliphatic rings. The summed E-state index contributed by atoms with van der Waals surface area (Å²) in [5.74, 6) is -0.346. The molecule has 0 aromatic carbocycles. The van der Waals surface area contributed by atoms with Crippen molar-refractivity contribution < 1.29 is 9.90 Å². The molecule has 12 heavy (non-hydrogen) atoms. The Hall–Kier alpha value is -1.05. The predicted octanol–water partition coefficient (Wildman–Crippen LogP) is 2.37. The van der Waals surface area contributed by atoms with Gasteiger partial charge < -0.3 is 5.11 Å². The first-order valence-electron chi connectivity index (χ1n) is 4.25. The number of allylic oxidation sites excluding steroid dienone is 2. The van der Waals surface area contributed by atoms with Crippen molar-refractivity contribution in [1.29, 1.82) is 0 Å². The summed E-state index contributed by atoms with van der Waals surface area (Å²) < 4.78 is 0. The Kier molecular flexibility index (Phi) is 2.69. The molecule has 1 N–H and O–H groups in total. The monoisotopic (exact) mass is 166 g/mol. The molecule has 2 nitrogen and oxygen atoms in total. The van der Waals surface area contributed by atoms with Crippen molar-refractivity contribution >= 4 is 5.97 Å². The maximum atomic E-state index is 10.6. The molecule has 0 spiro atoms. The van der Waals surface area contributed by atoms with Crippen LogP contribution in [0.2, 0.25) is 0 Å². The number of carboxylic acid groups (broad SMARTS) is 1. The molecule has 0 radical (unpaired) electrons. The fraction of sp³-hybridized carbons (Fsp3) is 0.500. The molecule has 66 valence electrons. The summed E-state index contributed by atoms with van der Waals surface area (Å²) in [6.45, 7) is 4.19. The third kappa shape index (κ3) is 1.97. The third-order valence-electron chi connectivity index (χ3n) is 2.13. The van der Waals surface area contributed by atoms with Gasteiger partial charge in [0, 0.05) is 0 Å². The molecule has 0 aromatic rings. The summed E-state index contributed by atoms with van der Waals surface area (Å²) in [6.07, 6.45) is 5.46. The Bertz CT molecular complexity index is 247. The van der Waals surface area contributed by atoms with Crippen LogP contribution in [-0.4, -0.2) is 11.1 Å². The van der Waals surface area contributed by atoms with E-state index in [1.165, 1.54) is 5.57 Å². The molecule has 0 saturated carbocycles. The van der Waals surface area contributed by atoms with Crippen molar-refractivity contribution in [2.24, 2.45) is 5.92 Å². The molecule has 2 heteroatoms. The van der Waals surface area contributed by atoms with Crippen LogP contribution in [0, 0.1) is 5.92 Å². The minimum atomic E-state index is -0.812. The molecule has 0 fully saturated rings. The molecule has 0 bridgehead atoms. The lowest BCUT2D eigenvalue weighted by atomic mass is 9.92. The second-order valence-electron chi connectivity index (χ2n) is 3.38. The maximum absolute atomic E-state index is 10.6. The molecule has 0 aromatic heterocycles. The highest BCUT2D eigenvalue weighted by Crippen LogP contribution is 2.23. The van der Waals surface area contributed by atoms with E-state index in [-0.39, 0.29) is 0 Å². The van der Waals surface area contributed by atoms with E-state index in [1.807, 2.05) is 0 Å². The lowest BCUT2D eigenvalue weighted by Crippen LogP contribution is -2.05. The van der Waals surface area contributed by atoms with Gasteiger partial charge in [0.25, 0.3) is 0 Å². The van der Waals surface area contributed by atoms with E-state index < -0.39 is 5.97 Å². The minimum absolute atomic E-state index is 0.449. The number of hydrogen-bond acceptors (Lipinski definition) is 1. The van der Waals surface area contributed by atoms with Crippen LogP contribution in [0.4, 0.5) is 0 Å². The van der Waals surface area contributed by atoms with Gasteiger partial charge in [-0.3, -0.25) is 0 Å². The highest BCUT2D eigenvalue weighted by molar-refractivity contribution is 5.90. The number of aliphatic carboxylic acids is 1. The van der Waals surface area contributed by atoms with Crippen LogP contribution in [0.15, 0.2) is 23.3 Å². The van der Waals surface area contributed by atoms with Crippen LogP contribution in [0.3, 0.4) is 0 Å². The Morgan fingerprint density at radius 1 is 1.58 bits per heavy atom. The van der Waals surface area contributed by atoms with Crippen molar-refractivity contribution in [3.63, 3.8) is 0 Å². The van der Waals surface area contributed by atoms with Crippen molar-refractivity contribution in [3.05, 3.63) is 23.3 Å². The fourth-order valence-corrected chi connectivity index (χ4v) is 1.33. The molecular weight excluding hydrogens is 152 g/mol. The van der Waals surface area contributed by atoms with Gasteiger partial charge in [-0.05, 0) is 24.8 Å². The van der Waals surface area contributed by atoms with Gasteiger partial charge in [-0.25, -0.2) is 4.79 Å². The van der Waals surface area contributed by atoms with E-state index in [0.717, 1.165) is 12.8 Å². The normalized spacial score (nSPS) is 17.2. The smallest absolute Gasteiger partial charge is 0.335 e. The molecule has 0 saturated heterocycles. The molecule has 0 unspecified atom stereocenters. The summed E-state index contributed by atoms with van der Waals surface area (Å²) in [4.78, 5) is 10.6. The van der Waals surface area contributed by atoms with Crippen LogP contribution in [-0.2, 0) is 4.79 Å².